The van der Waals surface area contributed by atoms with Gasteiger partial charge in [-0.3, -0.25) is 0 Å². The van der Waals surface area contributed by atoms with Crippen molar-refractivity contribution in [3.8, 4) is 0 Å². The highest BCUT2D eigenvalue weighted by Crippen LogP contribution is 1.99. The summed E-state index contributed by atoms with van der Waals surface area (Å²) in [5, 5.41) is -0.336. The quantitative estimate of drug-likeness (QED) is 0.588. The van der Waals surface area contributed by atoms with Gasteiger partial charge >= 0.3 is 0 Å². The van der Waals surface area contributed by atoms with Gasteiger partial charge in [-0.2, -0.15) is 0 Å². The molecule has 0 aromatic heterocycles. The van der Waals surface area contributed by atoms with E-state index in [1.54, 1.807) is 13.8 Å². The Labute approximate surface area is 55.9 Å². The number of rotatable bonds is 3. The summed E-state index contributed by atoms with van der Waals surface area (Å²) in [4.78, 5) is 0. The zero-order valence-corrected chi connectivity index (χ0v) is 6.73. The van der Waals surface area contributed by atoms with Gasteiger partial charge in [-0.05, 0) is 13.8 Å². The molecular formula is C5H12O3S. The second-order valence-electron chi connectivity index (χ2n) is 2.12. The highest BCUT2D eigenvalue weighted by Gasteiger charge is 2.14. The third kappa shape index (κ3) is 2.81. The maximum absolute atomic E-state index is 10.8. The topological polar surface area (TPSA) is 43.4 Å². The predicted molar refractivity (Wildman–Crippen MR) is 35.9 cm³/mol. The first-order valence-electron chi connectivity index (χ1n) is 2.71. The van der Waals surface area contributed by atoms with E-state index in [0.717, 1.165) is 0 Å². The SMILES string of the molecule is COCS(=O)(=O)C(C)C. The normalized spacial score (nSPS) is 12.4. The number of hydrogen-bond donors (Lipinski definition) is 0. The van der Waals surface area contributed by atoms with E-state index in [9.17, 15) is 8.42 Å². The van der Waals surface area contributed by atoms with Crippen molar-refractivity contribution in [2.24, 2.45) is 0 Å². The molecule has 0 N–H and O–H groups in total. The van der Waals surface area contributed by atoms with Gasteiger partial charge in [-0.1, -0.05) is 0 Å². The van der Waals surface area contributed by atoms with Gasteiger partial charge in [0.05, 0.1) is 5.25 Å². The molecule has 3 nitrogen and oxygen atoms in total. The monoisotopic (exact) mass is 152 g/mol. The Hall–Kier alpha value is -0.0900. The second-order valence-corrected chi connectivity index (χ2v) is 4.62. The molecule has 0 saturated carbocycles. The van der Waals surface area contributed by atoms with Crippen LogP contribution in [0, 0.1) is 0 Å². The number of methoxy groups -OCH3 is 1. The van der Waals surface area contributed by atoms with Gasteiger partial charge in [0.2, 0.25) is 0 Å². The Bertz CT molecular complexity index is 157. The summed E-state index contributed by atoms with van der Waals surface area (Å²) in [6.07, 6.45) is 0. The van der Waals surface area contributed by atoms with E-state index in [4.69, 9.17) is 0 Å². The maximum atomic E-state index is 10.8. The van der Waals surface area contributed by atoms with Crippen molar-refractivity contribution in [2.45, 2.75) is 19.1 Å². The van der Waals surface area contributed by atoms with Gasteiger partial charge < -0.3 is 4.74 Å². The molecule has 0 unspecified atom stereocenters. The van der Waals surface area contributed by atoms with Crippen molar-refractivity contribution in [3.63, 3.8) is 0 Å². The molecule has 0 bridgehead atoms. The minimum Gasteiger partial charge on any atom is -0.369 e. The lowest BCUT2D eigenvalue weighted by Gasteiger charge is -2.04. The highest BCUT2D eigenvalue weighted by molar-refractivity contribution is 7.91. The molecule has 0 aromatic rings. The first-order valence-corrected chi connectivity index (χ1v) is 4.42. The van der Waals surface area contributed by atoms with Crippen LogP contribution in [0.25, 0.3) is 0 Å². The number of ether oxygens (including phenoxy) is 1. The van der Waals surface area contributed by atoms with Crippen LogP contribution in [-0.4, -0.2) is 26.7 Å². The van der Waals surface area contributed by atoms with Gasteiger partial charge in [0.25, 0.3) is 0 Å². The van der Waals surface area contributed by atoms with E-state index in [1.165, 1.54) is 7.11 Å². The molecule has 4 heteroatoms. The van der Waals surface area contributed by atoms with Crippen LogP contribution in [0.3, 0.4) is 0 Å². The van der Waals surface area contributed by atoms with Crippen LogP contribution < -0.4 is 0 Å². The van der Waals surface area contributed by atoms with Crippen molar-refractivity contribution in [1.82, 2.24) is 0 Å². The lowest BCUT2D eigenvalue weighted by molar-refractivity contribution is 0.249. The number of hydrogen-bond acceptors (Lipinski definition) is 3. The molecule has 0 heterocycles. The van der Waals surface area contributed by atoms with Crippen LogP contribution in [0.1, 0.15) is 13.8 Å². The van der Waals surface area contributed by atoms with Crippen LogP contribution >= 0.6 is 0 Å². The van der Waals surface area contributed by atoms with E-state index >= 15 is 0 Å². The van der Waals surface area contributed by atoms with Crippen LogP contribution in [0.15, 0.2) is 0 Å². The molecule has 56 valence electrons. The van der Waals surface area contributed by atoms with Crippen LogP contribution in [-0.2, 0) is 14.6 Å². The molecule has 0 aliphatic rings. The van der Waals surface area contributed by atoms with E-state index in [1.807, 2.05) is 0 Å². The molecule has 0 saturated heterocycles. The zero-order chi connectivity index (χ0) is 7.49. The fraction of sp³-hybridized carbons (Fsp3) is 1.00. The van der Waals surface area contributed by atoms with Gasteiger partial charge in [0.1, 0.15) is 5.94 Å². The molecule has 0 amide bonds. The minimum atomic E-state index is -2.97. The van der Waals surface area contributed by atoms with E-state index in [0.29, 0.717) is 0 Å². The van der Waals surface area contributed by atoms with E-state index in [-0.39, 0.29) is 11.2 Å². The third-order valence-electron chi connectivity index (χ3n) is 1.00. The van der Waals surface area contributed by atoms with Crippen LogP contribution in [0.2, 0.25) is 0 Å². The highest BCUT2D eigenvalue weighted by atomic mass is 32.2. The van der Waals surface area contributed by atoms with Crippen molar-refractivity contribution >= 4 is 9.84 Å². The Morgan fingerprint density at radius 2 is 1.89 bits per heavy atom. The predicted octanol–water partition coefficient (Wildman–Crippen LogP) is 0.413. The standard InChI is InChI=1S/C5H12O3S/c1-5(2)9(6,7)4-8-3/h5H,4H2,1-3H3. The van der Waals surface area contributed by atoms with Crippen LogP contribution in [0.5, 0.6) is 0 Å². The van der Waals surface area contributed by atoms with Gasteiger partial charge in [-0.25, -0.2) is 8.42 Å². The summed E-state index contributed by atoms with van der Waals surface area (Å²) in [7, 11) is -1.60. The minimum absolute atomic E-state index is 0.176. The Balaban J connectivity index is 4.05. The maximum Gasteiger partial charge on any atom is 0.176 e. The molecule has 0 aromatic carbocycles. The summed E-state index contributed by atoms with van der Waals surface area (Å²) in [6.45, 7) is 3.27. The van der Waals surface area contributed by atoms with Crippen LogP contribution in [0.4, 0.5) is 0 Å². The largest absolute Gasteiger partial charge is 0.369 e. The Morgan fingerprint density at radius 3 is 2.00 bits per heavy atom. The van der Waals surface area contributed by atoms with E-state index < -0.39 is 9.84 Å². The fourth-order valence-corrected chi connectivity index (χ4v) is 0.901. The molecule has 0 fully saturated rings. The lowest BCUT2D eigenvalue weighted by Crippen LogP contribution is -2.18. The molecule has 0 radical (unpaired) electrons. The summed E-state index contributed by atoms with van der Waals surface area (Å²) in [6, 6.07) is 0. The Morgan fingerprint density at radius 1 is 1.44 bits per heavy atom. The Kier molecular flexibility index (Phi) is 3.14. The first kappa shape index (κ1) is 8.91. The molecule has 0 atom stereocenters. The van der Waals surface area contributed by atoms with E-state index in [2.05, 4.69) is 4.74 Å². The lowest BCUT2D eigenvalue weighted by atomic mass is 10.6. The van der Waals surface area contributed by atoms with Gasteiger partial charge in [-0.15, -0.1) is 0 Å². The van der Waals surface area contributed by atoms with Crippen molar-refractivity contribution in [2.75, 3.05) is 13.0 Å². The molecule has 0 aliphatic heterocycles. The molecule has 0 spiro atoms. The summed E-state index contributed by atoms with van der Waals surface area (Å²) < 4.78 is 26.1. The average molecular weight is 152 g/mol. The van der Waals surface area contributed by atoms with Gasteiger partial charge in [0, 0.05) is 7.11 Å². The summed E-state index contributed by atoms with van der Waals surface area (Å²) >= 11 is 0. The van der Waals surface area contributed by atoms with Crippen molar-refractivity contribution in [3.05, 3.63) is 0 Å². The smallest absolute Gasteiger partial charge is 0.176 e. The summed E-state index contributed by atoms with van der Waals surface area (Å²) in [5.41, 5.74) is 0. The molecular weight excluding hydrogens is 140 g/mol. The number of sulfone groups is 1. The zero-order valence-electron chi connectivity index (χ0n) is 5.92. The molecule has 0 rings (SSSR count). The third-order valence-corrected chi connectivity index (χ3v) is 3.00. The molecule has 0 aliphatic carbocycles. The van der Waals surface area contributed by atoms with Crippen molar-refractivity contribution < 1.29 is 13.2 Å². The first-order chi connectivity index (χ1) is 4.00. The second kappa shape index (κ2) is 3.17. The molecule has 9 heavy (non-hydrogen) atoms. The fourth-order valence-electron chi connectivity index (χ4n) is 0.300. The summed E-state index contributed by atoms with van der Waals surface area (Å²) in [5.74, 6) is -0.176. The average Bonchev–Trinajstić information content (AvgIpc) is 1.65. The van der Waals surface area contributed by atoms with Gasteiger partial charge in [0.15, 0.2) is 9.84 Å². The van der Waals surface area contributed by atoms with Crippen molar-refractivity contribution in [1.29, 1.82) is 0 Å².